The van der Waals surface area contributed by atoms with Crippen molar-refractivity contribution in [2.24, 2.45) is 5.84 Å². The molecule has 0 unspecified atom stereocenters. The van der Waals surface area contributed by atoms with Gasteiger partial charge in [0, 0.05) is 11.7 Å². The van der Waals surface area contributed by atoms with Crippen LogP contribution in [0.4, 0.5) is 5.82 Å². The van der Waals surface area contributed by atoms with E-state index in [1.54, 1.807) is 0 Å². The number of aromatic nitrogens is 1. The number of rotatable bonds is 5. The van der Waals surface area contributed by atoms with Crippen molar-refractivity contribution >= 4 is 27.4 Å². The number of nitrogens with two attached hydrogens (primary N) is 1. The van der Waals surface area contributed by atoms with Crippen molar-refractivity contribution in [1.82, 2.24) is 9.71 Å². The molecule has 106 valence electrons. The molecule has 0 atom stereocenters. The smallest absolute Gasteiger partial charge is 0.242 e. The Balaban J connectivity index is 2.27. The van der Waals surface area contributed by atoms with Gasteiger partial charge in [0.1, 0.15) is 4.90 Å². The van der Waals surface area contributed by atoms with Gasteiger partial charge in [0.15, 0.2) is 5.82 Å². The van der Waals surface area contributed by atoms with Gasteiger partial charge in [0.25, 0.3) is 0 Å². The van der Waals surface area contributed by atoms with Gasteiger partial charge in [-0.15, -0.1) is 0 Å². The molecule has 1 aliphatic rings. The predicted molar refractivity (Wildman–Crippen MR) is 74.3 cm³/mol. The molecule has 0 bridgehead atoms. The van der Waals surface area contributed by atoms with Crippen molar-refractivity contribution < 1.29 is 8.42 Å². The molecule has 0 radical (unpaired) electrons. The molecule has 0 aliphatic heterocycles. The molecule has 1 aromatic rings. The molecule has 1 aromatic heterocycles. The van der Waals surface area contributed by atoms with Crippen molar-refractivity contribution in [3.05, 3.63) is 17.3 Å². The lowest BCUT2D eigenvalue weighted by Crippen LogP contribution is -2.52. The summed E-state index contributed by atoms with van der Waals surface area (Å²) in [5.41, 5.74) is 1.99. The maximum Gasteiger partial charge on any atom is 0.242 e. The third-order valence-corrected chi connectivity index (χ3v) is 5.44. The lowest BCUT2D eigenvalue weighted by molar-refractivity contribution is 0.214. The number of hydrogen-bond donors (Lipinski definition) is 3. The van der Waals surface area contributed by atoms with Crippen molar-refractivity contribution in [2.75, 3.05) is 5.43 Å². The van der Waals surface area contributed by atoms with Crippen LogP contribution in [0.15, 0.2) is 17.2 Å². The fourth-order valence-electron chi connectivity index (χ4n) is 2.15. The summed E-state index contributed by atoms with van der Waals surface area (Å²) in [5.74, 6) is 5.45. The number of nitrogens with one attached hydrogen (secondary N) is 2. The van der Waals surface area contributed by atoms with E-state index in [0.717, 1.165) is 25.7 Å². The number of anilines is 1. The minimum atomic E-state index is -3.60. The highest BCUT2D eigenvalue weighted by Crippen LogP contribution is 2.36. The van der Waals surface area contributed by atoms with Gasteiger partial charge in [0.2, 0.25) is 10.0 Å². The summed E-state index contributed by atoms with van der Waals surface area (Å²) in [6.07, 6.45) is 4.80. The highest BCUT2D eigenvalue weighted by Gasteiger charge is 2.39. The molecule has 6 nitrogen and oxygen atoms in total. The molecule has 2 rings (SSSR count). The van der Waals surface area contributed by atoms with Crippen molar-refractivity contribution in [2.45, 2.75) is 43.0 Å². The Morgan fingerprint density at radius 2 is 2.21 bits per heavy atom. The number of halogens is 1. The van der Waals surface area contributed by atoms with Crippen LogP contribution in [0.25, 0.3) is 0 Å². The van der Waals surface area contributed by atoms with Crippen molar-refractivity contribution in [3.8, 4) is 0 Å². The first-order valence-electron chi connectivity index (χ1n) is 6.08. The second kappa shape index (κ2) is 5.24. The van der Waals surface area contributed by atoms with E-state index in [-0.39, 0.29) is 21.3 Å². The van der Waals surface area contributed by atoms with Gasteiger partial charge in [-0.1, -0.05) is 18.5 Å². The van der Waals surface area contributed by atoms with E-state index in [9.17, 15) is 8.42 Å². The molecule has 4 N–H and O–H groups in total. The first-order chi connectivity index (χ1) is 8.92. The summed E-state index contributed by atoms with van der Waals surface area (Å²) >= 11 is 5.89. The lowest BCUT2D eigenvalue weighted by atomic mass is 9.76. The first kappa shape index (κ1) is 14.5. The van der Waals surface area contributed by atoms with E-state index in [0.29, 0.717) is 0 Å². The fourth-order valence-corrected chi connectivity index (χ4v) is 3.94. The minimum absolute atomic E-state index is 0.0521. The van der Waals surface area contributed by atoms with Crippen LogP contribution in [0.3, 0.4) is 0 Å². The van der Waals surface area contributed by atoms with Crippen molar-refractivity contribution in [1.29, 1.82) is 0 Å². The molecule has 1 saturated carbocycles. The Kier molecular flexibility index (Phi) is 4.00. The van der Waals surface area contributed by atoms with Crippen molar-refractivity contribution in [3.63, 3.8) is 0 Å². The third-order valence-electron chi connectivity index (χ3n) is 3.60. The Hall–Kier alpha value is -0.890. The quantitative estimate of drug-likeness (QED) is 0.567. The molecule has 0 spiro atoms. The fraction of sp³-hybridized carbons (Fsp3) is 0.545. The van der Waals surface area contributed by atoms with Gasteiger partial charge < -0.3 is 5.43 Å². The molecule has 0 amide bonds. The zero-order valence-corrected chi connectivity index (χ0v) is 12.2. The van der Waals surface area contributed by atoms with Crippen LogP contribution in [-0.2, 0) is 10.0 Å². The second-order valence-corrected chi connectivity index (χ2v) is 6.83. The molecule has 1 fully saturated rings. The summed E-state index contributed by atoms with van der Waals surface area (Å²) in [6, 6.07) is 1.34. The maximum atomic E-state index is 12.3. The number of hydrazine groups is 1. The van der Waals surface area contributed by atoms with Crippen LogP contribution in [0.1, 0.15) is 32.6 Å². The Morgan fingerprint density at radius 1 is 1.53 bits per heavy atom. The first-order valence-corrected chi connectivity index (χ1v) is 7.95. The highest BCUT2D eigenvalue weighted by molar-refractivity contribution is 7.89. The standard InChI is InChI=1S/C11H17ClN4O2S/c1-2-11(4-3-5-11)16-19(17,18)8-6-9(12)10(15-13)14-7-8/h6-7,16H,2-5,13H2,1H3,(H,14,15). The van der Waals surface area contributed by atoms with Gasteiger partial charge >= 0.3 is 0 Å². The number of nitrogen functional groups attached to an aromatic ring is 1. The monoisotopic (exact) mass is 304 g/mol. The van der Waals surface area contributed by atoms with Gasteiger partial charge in [-0.05, 0) is 31.7 Å². The van der Waals surface area contributed by atoms with Gasteiger partial charge in [0.05, 0.1) is 5.02 Å². The maximum absolute atomic E-state index is 12.3. The zero-order valence-electron chi connectivity index (χ0n) is 10.6. The number of nitrogens with zero attached hydrogens (tertiary/aromatic N) is 1. The topological polar surface area (TPSA) is 97.1 Å². The van der Waals surface area contributed by atoms with E-state index < -0.39 is 10.0 Å². The van der Waals surface area contributed by atoms with Crippen LogP contribution in [0.2, 0.25) is 5.02 Å². The molecule has 19 heavy (non-hydrogen) atoms. The van der Waals surface area contributed by atoms with Crippen LogP contribution < -0.4 is 16.0 Å². The zero-order chi connectivity index (χ0) is 14.1. The van der Waals surface area contributed by atoms with E-state index in [1.165, 1.54) is 12.3 Å². The normalized spacial score (nSPS) is 17.8. The predicted octanol–water partition coefficient (Wildman–Crippen LogP) is 1.63. The summed E-state index contributed by atoms with van der Waals surface area (Å²) in [6.45, 7) is 1.98. The van der Waals surface area contributed by atoms with E-state index >= 15 is 0 Å². The Bertz CT molecular complexity index is 567. The molecule has 0 saturated heterocycles. The average molecular weight is 305 g/mol. The molecule has 1 aliphatic carbocycles. The number of hydrogen-bond acceptors (Lipinski definition) is 5. The van der Waals surface area contributed by atoms with Gasteiger partial charge in [-0.3, -0.25) is 0 Å². The van der Waals surface area contributed by atoms with E-state index in [2.05, 4.69) is 15.1 Å². The van der Waals surface area contributed by atoms with E-state index in [1.807, 2.05) is 6.92 Å². The number of pyridine rings is 1. The molecular formula is C11H17ClN4O2S. The molecule has 0 aromatic carbocycles. The van der Waals surface area contributed by atoms with Crippen LogP contribution in [0.5, 0.6) is 0 Å². The molecule has 8 heteroatoms. The SMILES string of the molecule is CCC1(NS(=O)(=O)c2cnc(NN)c(Cl)c2)CCC1. The minimum Gasteiger partial charge on any atom is -0.307 e. The molecular weight excluding hydrogens is 288 g/mol. The Labute approximate surface area is 117 Å². The van der Waals surface area contributed by atoms with Crippen LogP contribution in [-0.4, -0.2) is 18.9 Å². The lowest BCUT2D eigenvalue weighted by Gasteiger charge is -2.41. The summed E-state index contributed by atoms with van der Waals surface area (Å²) in [5, 5.41) is 0.171. The van der Waals surface area contributed by atoms with Crippen LogP contribution in [0, 0.1) is 0 Å². The third kappa shape index (κ3) is 2.84. The average Bonchev–Trinajstić information content (AvgIpc) is 2.34. The van der Waals surface area contributed by atoms with Crippen LogP contribution >= 0.6 is 11.6 Å². The number of sulfonamides is 1. The highest BCUT2D eigenvalue weighted by atomic mass is 35.5. The summed E-state index contributed by atoms with van der Waals surface area (Å²) in [7, 11) is -3.60. The summed E-state index contributed by atoms with van der Waals surface area (Å²) < 4.78 is 27.3. The Morgan fingerprint density at radius 3 is 2.63 bits per heavy atom. The summed E-state index contributed by atoms with van der Waals surface area (Å²) in [4.78, 5) is 3.93. The largest absolute Gasteiger partial charge is 0.307 e. The molecule has 1 heterocycles. The van der Waals surface area contributed by atoms with E-state index in [4.69, 9.17) is 17.4 Å². The van der Waals surface area contributed by atoms with Gasteiger partial charge in [-0.25, -0.2) is 24.0 Å². The second-order valence-electron chi connectivity index (χ2n) is 4.74. The van der Waals surface area contributed by atoms with Gasteiger partial charge in [-0.2, -0.15) is 0 Å².